The molecule has 0 saturated carbocycles. The number of hydrogen-bond acceptors (Lipinski definition) is 5. The first kappa shape index (κ1) is 19.6. The monoisotopic (exact) mass is 444 g/mol. The second kappa shape index (κ2) is 8.71. The van der Waals surface area contributed by atoms with Crippen molar-refractivity contribution in [2.24, 2.45) is 0 Å². The number of hydrogen-bond donors (Lipinski definition) is 1. The minimum absolute atomic E-state index is 0.160. The van der Waals surface area contributed by atoms with Crippen LogP contribution in [0, 0.1) is 13.8 Å². The second-order valence-corrected chi connectivity index (χ2v) is 8.03. The zero-order valence-electron chi connectivity index (χ0n) is 15.5. The van der Waals surface area contributed by atoms with E-state index in [1.54, 1.807) is 4.57 Å². The molecule has 140 valence electrons. The van der Waals surface area contributed by atoms with Crippen molar-refractivity contribution in [1.29, 1.82) is 0 Å². The molecule has 0 aliphatic carbocycles. The lowest BCUT2D eigenvalue weighted by atomic mass is 10.1. The van der Waals surface area contributed by atoms with Crippen LogP contribution in [0.1, 0.15) is 23.6 Å². The Morgan fingerprint density at radius 2 is 1.85 bits per heavy atom. The standard InChI is InChI=1S/C20H21BrN4OS/c1-4-25-19(26)18(22-17-7-5-6-13(2)14(17)3)23-24-20(25)27-12-15-8-10-16(21)11-9-15/h5-11H,4,12H2,1-3H3,(H,22,23). The van der Waals surface area contributed by atoms with Crippen LogP contribution in [0.2, 0.25) is 0 Å². The van der Waals surface area contributed by atoms with E-state index in [9.17, 15) is 4.79 Å². The molecular formula is C20H21BrN4OS. The van der Waals surface area contributed by atoms with Gasteiger partial charge in [0.15, 0.2) is 5.16 Å². The minimum Gasteiger partial charge on any atom is -0.334 e. The summed E-state index contributed by atoms with van der Waals surface area (Å²) in [5.41, 5.74) is 4.13. The fraction of sp³-hybridized carbons (Fsp3) is 0.250. The molecule has 0 atom stereocenters. The molecule has 0 spiro atoms. The van der Waals surface area contributed by atoms with Crippen molar-refractivity contribution in [2.45, 2.75) is 38.2 Å². The van der Waals surface area contributed by atoms with Crippen molar-refractivity contribution in [3.05, 3.63) is 74.0 Å². The van der Waals surface area contributed by atoms with Crippen molar-refractivity contribution < 1.29 is 0 Å². The maximum Gasteiger partial charge on any atom is 0.297 e. The van der Waals surface area contributed by atoms with Gasteiger partial charge in [-0.15, -0.1) is 10.2 Å². The van der Waals surface area contributed by atoms with Crippen LogP contribution in [0.5, 0.6) is 0 Å². The van der Waals surface area contributed by atoms with E-state index < -0.39 is 0 Å². The molecule has 1 N–H and O–H groups in total. The maximum absolute atomic E-state index is 12.9. The number of nitrogens with zero attached hydrogens (tertiary/aromatic N) is 3. The highest BCUT2D eigenvalue weighted by atomic mass is 79.9. The van der Waals surface area contributed by atoms with Gasteiger partial charge in [0.25, 0.3) is 5.56 Å². The molecule has 7 heteroatoms. The number of halogens is 1. The third kappa shape index (κ3) is 4.59. The summed E-state index contributed by atoms with van der Waals surface area (Å²) in [4.78, 5) is 12.9. The Bertz CT molecular complexity index is 1000. The summed E-state index contributed by atoms with van der Waals surface area (Å²) >= 11 is 4.95. The molecule has 0 amide bonds. The van der Waals surface area contributed by atoms with Crippen LogP contribution in [0.4, 0.5) is 11.5 Å². The molecule has 1 aromatic heterocycles. The normalized spacial score (nSPS) is 10.8. The summed E-state index contributed by atoms with van der Waals surface area (Å²) in [6.07, 6.45) is 0. The van der Waals surface area contributed by atoms with Crippen LogP contribution in [0.3, 0.4) is 0 Å². The molecule has 0 unspecified atom stereocenters. The lowest BCUT2D eigenvalue weighted by Gasteiger charge is -2.13. The fourth-order valence-electron chi connectivity index (χ4n) is 2.61. The lowest BCUT2D eigenvalue weighted by molar-refractivity contribution is 0.597. The van der Waals surface area contributed by atoms with E-state index in [2.05, 4.69) is 43.6 Å². The fourth-order valence-corrected chi connectivity index (χ4v) is 3.83. The van der Waals surface area contributed by atoms with Crippen molar-refractivity contribution in [3.8, 4) is 0 Å². The highest BCUT2D eigenvalue weighted by Gasteiger charge is 2.13. The topological polar surface area (TPSA) is 59.8 Å². The number of aryl methyl sites for hydroxylation is 1. The van der Waals surface area contributed by atoms with Gasteiger partial charge >= 0.3 is 0 Å². The number of rotatable bonds is 6. The Morgan fingerprint density at radius 1 is 1.11 bits per heavy atom. The first-order chi connectivity index (χ1) is 13.0. The van der Waals surface area contributed by atoms with Gasteiger partial charge in [0.2, 0.25) is 5.82 Å². The first-order valence-electron chi connectivity index (χ1n) is 8.67. The quantitative estimate of drug-likeness (QED) is 0.537. The van der Waals surface area contributed by atoms with Crippen LogP contribution in [-0.2, 0) is 12.3 Å². The van der Waals surface area contributed by atoms with Gasteiger partial charge in [-0.3, -0.25) is 9.36 Å². The molecule has 1 heterocycles. The number of benzene rings is 2. The summed E-state index contributed by atoms with van der Waals surface area (Å²) in [6, 6.07) is 14.1. The molecule has 0 bridgehead atoms. The van der Waals surface area contributed by atoms with Crippen LogP contribution < -0.4 is 10.9 Å². The summed E-state index contributed by atoms with van der Waals surface area (Å²) in [6.45, 7) is 6.54. The molecule has 27 heavy (non-hydrogen) atoms. The minimum atomic E-state index is -0.160. The van der Waals surface area contributed by atoms with Gasteiger partial charge in [0.05, 0.1) is 0 Å². The SMILES string of the molecule is CCn1c(SCc2ccc(Br)cc2)nnc(Nc2cccc(C)c2C)c1=O. The van der Waals surface area contributed by atoms with E-state index in [-0.39, 0.29) is 11.4 Å². The van der Waals surface area contributed by atoms with Gasteiger partial charge in [-0.2, -0.15) is 0 Å². The Hall–Kier alpha value is -2.12. The van der Waals surface area contributed by atoms with E-state index in [1.165, 1.54) is 11.8 Å². The van der Waals surface area contributed by atoms with Crippen molar-refractivity contribution >= 4 is 39.2 Å². The number of anilines is 2. The van der Waals surface area contributed by atoms with E-state index >= 15 is 0 Å². The Kier molecular flexibility index (Phi) is 6.34. The highest BCUT2D eigenvalue weighted by Crippen LogP contribution is 2.23. The van der Waals surface area contributed by atoms with Crippen LogP contribution >= 0.6 is 27.7 Å². The van der Waals surface area contributed by atoms with Gasteiger partial charge in [-0.25, -0.2) is 0 Å². The Balaban J connectivity index is 1.83. The zero-order chi connectivity index (χ0) is 19.4. The molecule has 0 aliphatic heterocycles. The van der Waals surface area contributed by atoms with Gasteiger partial charge in [0, 0.05) is 22.5 Å². The lowest BCUT2D eigenvalue weighted by Crippen LogP contribution is -2.26. The molecule has 0 fully saturated rings. The summed E-state index contributed by atoms with van der Waals surface area (Å²) in [5.74, 6) is 0.976. The molecule has 0 saturated heterocycles. The highest BCUT2D eigenvalue weighted by molar-refractivity contribution is 9.10. The largest absolute Gasteiger partial charge is 0.334 e. The smallest absolute Gasteiger partial charge is 0.297 e. The van der Waals surface area contributed by atoms with Gasteiger partial charge < -0.3 is 5.32 Å². The zero-order valence-corrected chi connectivity index (χ0v) is 17.9. The van der Waals surface area contributed by atoms with Crippen molar-refractivity contribution in [3.63, 3.8) is 0 Å². The molecule has 5 nitrogen and oxygen atoms in total. The second-order valence-electron chi connectivity index (χ2n) is 6.17. The van der Waals surface area contributed by atoms with Crippen molar-refractivity contribution in [1.82, 2.24) is 14.8 Å². The van der Waals surface area contributed by atoms with Gasteiger partial charge in [-0.1, -0.05) is 52.0 Å². The summed E-state index contributed by atoms with van der Waals surface area (Å²) in [7, 11) is 0. The van der Waals surface area contributed by atoms with E-state index in [0.717, 1.165) is 32.6 Å². The molecular weight excluding hydrogens is 424 g/mol. The van der Waals surface area contributed by atoms with E-state index in [1.807, 2.05) is 51.1 Å². The molecule has 3 aromatic rings. The average Bonchev–Trinajstić information content (AvgIpc) is 2.66. The first-order valence-corrected chi connectivity index (χ1v) is 10.5. The van der Waals surface area contributed by atoms with E-state index in [4.69, 9.17) is 0 Å². The number of nitrogens with one attached hydrogen (secondary N) is 1. The van der Waals surface area contributed by atoms with E-state index in [0.29, 0.717) is 11.7 Å². The van der Waals surface area contributed by atoms with Crippen LogP contribution in [-0.4, -0.2) is 14.8 Å². The summed E-state index contributed by atoms with van der Waals surface area (Å²) < 4.78 is 2.70. The maximum atomic E-state index is 12.9. The molecule has 0 radical (unpaired) electrons. The number of aromatic nitrogens is 3. The molecule has 2 aromatic carbocycles. The average molecular weight is 445 g/mol. The Morgan fingerprint density at radius 3 is 2.56 bits per heavy atom. The number of thioether (sulfide) groups is 1. The predicted molar refractivity (Wildman–Crippen MR) is 115 cm³/mol. The summed E-state index contributed by atoms with van der Waals surface area (Å²) in [5, 5.41) is 12.2. The van der Waals surface area contributed by atoms with Gasteiger partial charge in [0.1, 0.15) is 0 Å². The molecule has 0 aliphatic rings. The van der Waals surface area contributed by atoms with Gasteiger partial charge in [-0.05, 0) is 55.7 Å². The predicted octanol–water partition coefficient (Wildman–Crippen LogP) is 5.07. The third-order valence-corrected chi connectivity index (χ3v) is 5.94. The van der Waals surface area contributed by atoms with Crippen molar-refractivity contribution in [2.75, 3.05) is 5.32 Å². The van der Waals surface area contributed by atoms with Crippen LogP contribution in [0.25, 0.3) is 0 Å². The van der Waals surface area contributed by atoms with Crippen LogP contribution in [0.15, 0.2) is 56.9 Å². The molecule has 3 rings (SSSR count). The third-order valence-electron chi connectivity index (χ3n) is 4.37. The Labute approximate surface area is 171 Å².